The minimum Gasteiger partial charge on any atom is -0.366 e. The lowest BCUT2D eigenvalue weighted by Gasteiger charge is -2.21. The first-order valence-electron chi connectivity index (χ1n) is 5.10. The van der Waals surface area contributed by atoms with Crippen LogP contribution in [0.1, 0.15) is 11.7 Å². The number of alkyl halides is 4. The molecule has 1 aromatic carbocycles. The van der Waals surface area contributed by atoms with Crippen molar-refractivity contribution in [1.29, 1.82) is 0 Å². The summed E-state index contributed by atoms with van der Waals surface area (Å²) in [6, 6.07) is 4.81. The zero-order valence-electron chi connectivity index (χ0n) is 9.25. The van der Waals surface area contributed by atoms with Crippen molar-refractivity contribution in [3.63, 3.8) is 0 Å². The highest BCUT2D eigenvalue weighted by Crippen LogP contribution is 2.26. The van der Waals surface area contributed by atoms with Crippen LogP contribution in [0.5, 0.6) is 0 Å². The third-order valence-corrected chi connectivity index (χ3v) is 2.25. The van der Waals surface area contributed by atoms with E-state index in [4.69, 9.17) is 5.73 Å². The van der Waals surface area contributed by atoms with Gasteiger partial charge in [0.2, 0.25) is 0 Å². The van der Waals surface area contributed by atoms with E-state index in [1.807, 2.05) is 0 Å². The van der Waals surface area contributed by atoms with Gasteiger partial charge >= 0.3 is 12.3 Å². The first kappa shape index (κ1) is 14.8. The summed E-state index contributed by atoms with van der Waals surface area (Å²) < 4.78 is 66.4. The van der Waals surface area contributed by atoms with Crippen LogP contribution in [0.4, 0.5) is 22.0 Å². The van der Waals surface area contributed by atoms with Crippen LogP contribution in [0.25, 0.3) is 0 Å². The summed E-state index contributed by atoms with van der Waals surface area (Å²) in [6.07, 6.45) is -4.78. The van der Waals surface area contributed by atoms with Gasteiger partial charge in [0.1, 0.15) is 12.4 Å². The van der Waals surface area contributed by atoms with Gasteiger partial charge in [-0.05, 0) is 17.7 Å². The van der Waals surface area contributed by atoms with Gasteiger partial charge < -0.3 is 10.5 Å². The molecule has 1 aromatic rings. The predicted molar refractivity (Wildman–Crippen MR) is 55.1 cm³/mol. The molecule has 0 saturated heterocycles. The largest absolute Gasteiger partial charge is 0.366 e. The van der Waals surface area contributed by atoms with Crippen molar-refractivity contribution in [3.8, 4) is 0 Å². The Labute approximate surface area is 101 Å². The number of rotatable bonds is 6. The van der Waals surface area contributed by atoms with E-state index in [9.17, 15) is 22.0 Å². The fourth-order valence-corrected chi connectivity index (χ4v) is 1.25. The van der Waals surface area contributed by atoms with Crippen molar-refractivity contribution < 1.29 is 26.7 Å². The highest BCUT2D eigenvalue weighted by Gasteiger charge is 2.41. The van der Waals surface area contributed by atoms with E-state index in [-0.39, 0.29) is 6.54 Å². The van der Waals surface area contributed by atoms with Crippen LogP contribution in [0.15, 0.2) is 24.3 Å². The standard InChI is InChI=1S/C11H12F5NO/c12-8-3-1-7(2-4-8)9(5-17)18-6-11(15,16)10(13)14/h1-4,9-10H,5-6,17H2. The minimum absolute atomic E-state index is 0.176. The van der Waals surface area contributed by atoms with Gasteiger partial charge in [0, 0.05) is 6.54 Å². The Morgan fingerprint density at radius 2 is 1.72 bits per heavy atom. The van der Waals surface area contributed by atoms with Crippen LogP contribution in [0.3, 0.4) is 0 Å². The number of nitrogens with two attached hydrogens (primary N) is 1. The van der Waals surface area contributed by atoms with Crippen LogP contribution in [-0.4, -0.2) is 25.5 Å². The Bertz CT molecular complexity index is 368. The quantitative estimate of drug-likeness (QED) is 0.806. The van der Waals surface area contributed by atoms with E-state index < -0.39 is 30.9 Å². The second-order valence-electron chi connectivity index (χ2n) is 3.65. The Balaban J connectivity index is 2.66. The Morgan fingerprint density at radius 3 is 2.17 bits per heavy atom. The van der Waals surface area contributed by atoms with Gasteiger partial charge in [0.05, 0.1) is 6.10 Å². The monoisotopic (exact) mass is 269 g/mol. The number of hydrogen-bond acceptors (Lipinski definition) is 2. The third-order valence-electron chi connectivity index (χ3n) is 2.25. The molecule has 0 heterocycles. The molecule has 1 unspecified atom stereocenters. The van der Waals surface area contributed by atoms with E-state index in [2.05, 4.69) is 4.74 Å². The third kappa shape index (κ3) is 3.92. The molecule has 0 aliphatic rings. The maximum Gasteiger partial charge on any atom is 0.330 e. The van der Waals surface area contributed by atoms with Crippen molar-refractivity contribution in [3.05, 3.63) is 35.6 Å². The summed E-state index contributed by atoms with van der Waals surface area (Å²) in [7, 11) is 0. The van der Waals surface area contributed by atoms with Gasteiger partial charge in [-0.3, -0.25) is 0 Å². The second kappa shape index (κ2) is 6.10. The molecule has 0 spiro atoms. The van der Waals surface area contributed by atoms with Gasteiger partial charge in [0.15, 0.2) is 0 Å². The Morgan fingerprint density at radius 1 is 1.17 bits per heavy atom. The molecule has 1 rings (SSSR count). The van der Waals surface area contributed by atoms with Crippen molar-refractivity contribution in [1.82, 2.24) is 0 Å². The molecule has 7 heteroatoms. The average Bonchev–Trinajstić information content (AvgIpc) is 2.31. The Kier molecular flexibility index (Phi) is 5.03. The molecule has 2 N–H and O–H groups in total. The zero-order chi connectivity index (χ0) is 13.8. The number of halogens is 5. The van der Waals surface area contributed by atoms with Crippen molar-refractivity contribution in [2.45, 2.75) is 18.5 Å². The number of ether oxygens (including phenoxy) is 1. The SMILES string of the molecule is NCC(OCC(F)(F)C(F)F)c1ccc(F)cc1. The lowest BCUT2D eigenvalue weighted by molar-refractivity contribution is -0.175. The van der Waals surface area contributed by atoms with Crippen molar-refractivity contribution in [2.24, 2.45) is 5.73 Å². The molecule has 0 bridgehead atoms. The molecule has 0 aliphatic carbocycles. The molecule has 0 aliphatic heterocycles. The van der Waals surface area contributed by atoms with Gasteiger partial charge in [-0.1, -0.05) is 12.1 Å². The normalized spacial score (nSPS) is 13.9. The lowest BCUT2D eigenvalue weighted by atomic mass is 10.1. The van der Waals surface area contributed by atoms with Crippen LogP contribution in [0.2, 0.25) is 0 Å². The number of benzene rings is 1. The molecule has 1 atom stereocenters. The predicted octanol–water partition coefficient (Wildman–Crippen LogP) is 2.74. The maximum absolute atomic E-state index is 12.6. The molecule has 0 amide bonds. The topological polar surface area (TPSA) is 35.2 Å². The molecule has 2 nitrogen and oxygen atoms in total. The Hall–Kier alpha value is -1.21. The van der Waals surface area contributed by atoms with E-state index >= 15 is 0 Å². The summed E-state index contributed by atoms with van der Waals surface area (Å²) in [5, 5.41) is 0. The number of hydrogen-bond donors (Lipinski definition) is 1. The summed E-state index contributed by atoms with van der Waals surface area (Å²) in [5.74, 6) is -4.74. The first-order chi connectivity index (χ1) is 8.36. The maximum atomic E-state index is 12.6. The fourth-order valence-electron chi connectivity index (χ4n) is 1.25. The lowest BCUT2D eigenvalue weighted by Crippen LogP contribution is -2.34. The van der Waals surface area contributed by atoms with Crippen molar-refractivity contribution in [2.75, 3.05) is 13.2 Å². The smallest absolute Gasteiger partial charge is 0.330 e. The second-order valence-corrected chi connectivity index (χ2v) is 3.65. The van der Waals surface area contributed by atoms with Crippen LogP contribution >= 0.6 is 0 Å². The summed E-state index contributed by atoms with van der Waals surface area (Å²) in [6.45, 7) is -1.62. The summed E-state index contributed by atoms with van der Waals surface area (Å²) >= 11 is 0. The van der Waals surface area contributed by atoms with E-state index in [1.54, 1.807) is 0 Å². The molecular weight excluding hydrogens is 257 g/mol. The van der Waals surface area contributed by atoms with Crippen LogP contribution in [0, 0.1) is 5.82 Å². The first-order valence-corrected chi connectivity index (χ1v) is 5.10. The van der Waals surface area contributed by atoms with Crippen molar-refractivity contribution >= 4 is 0 Å². The molecule has 18 heavy (non-hydrogen) atoms. The highest BCUT2D eigenvalue weighted by atomic mass is 19.3. The van der Waals surface area contributed by atoms with Gasteiger partial charge in [-0.2, -0.15) is 8.78 Å². The minimum atomic E-state index is -4.23. The van der Waals surface area contributed by atoms with E-state index in [0.717, 1.165) is 12.1 Å². The summed E-state index contributed by atoms with van der Waals surface area (Å²) in [5.41, 5.74) is 5.65. The highest BCUT2D eigenvalue weighted by molar-refractivity contribution is 5.19. The van der Waals surface area contributed by atoms with E-state index in [1.165, 1.54) is 12.1 Å². The average molecular weight is 269 g/mol. The molecule has 0 fully saturated rings. The zero-order valence-corrected chi connectivity index (χ0v) is 9.25. The molecule has 0 radical (unpaired) electrons. The van der Waals surface area contributed by atoms with Crippen LogP contribution in [-0.2, 0) is 4.74 Å². The van der Waals surface area contributed by atoms with Crippen LogP contribution < -0.4 is 5.73 Å². The van der Waals surface area contributed by atoms with Gasteiger partial charge in [-0.15, -0.1) is 0 Å². The fraction of sp³-hybridized carbons (Fsp3) is 0.455. The molecule has 0 aromatic heterocycles. The molecule has 102 valence electrons. The van der Waals surface area contributed by atoms with Gasteiger partial charge in [-0.25, -0.2) is 13.2 Å². The van der Waals surface area contributed by atoms with Gasteiger partial charge in [0.25, 0.3) is 0 Å². The van der Waals surface area contributed by atoms with E-state index in [0.29, 0.717) is 5.56 Å². The molecular formula is C11H12F5NO. The molecule has 0 saturated carbocycles. The summed E-state index contributed by atoms with van der Waals surface area (Å²) in [4.78, 5) is 0.